The maximum atomic E-state index is 11.7. The van der Waals surface area contributed by atoms with Crippen molar-refractivity contribution in [2.75, 3.05) is 13.2 Å². The number of hydrogen-bond acceptors (Lipinski definition) is 4. The first-order chi connectivity index (χ1) is 9.02. The van der Waals surface area contributed by atoms with E-state index in [9.17, 15) is 4.79 Å². The molecule has 106 valence electrons. The first-order valence-electron chi connectivity index (χ1n) is 6.58. The topological polar surface area (TPSA) is 44.8 Å². The summed E-state index contributed by atoms with van der Waals surface area (Å²) in [5, 5.41) is 0. The predicted octanol–water partition coefficient (Wildman–Crippen LogP) is 3.26. The van der Waals surface area contributed by atoms with Crippen molar-refractivity contribution in [1.29, 1.82) is 0 Å². The lowest BCUT2D eigenvalue weighted by molar-refractivity contribution is -0.0613. The second-order valence-electron chi connectivity index (χ2n) is 4.66. The molecule has 0 spiro atoms. The van der Waals surface area contributed by atoms with Gasteiger partial charge in [0.2, 0.25) is 0 Å². The van der Waals surface area contributed by atoms with Crippen LogP contribution in [0.2, 0.25) is 0 Å². The van der Waals surface area contributed by atoms with E-state index in [4.69, 9.17) is 14.2 Å². The first kappa shape index (κ1) is 15.5. The van der Waals surface area contributed by atoms with Crippen LogP contribution in [-0.2, 0) is 9.47 Å². The highest BCUT2D eigenvalue weighted by molar-refractivity contribution is 5.89. The number of rotatable bonds is 7. The van der Waals surface area contributed by atoms with Gasteiger partial charge in [0.05, 0.1) is 12.2 Å². The van der Waals surface area contributed by atoms with Crippen molar-refractivity contribution in [3.05, 3.63) is 29.8 Å². The number of hydrogen-bond donors (Lipinski definition) is 0. The van der Waals surface area contributed by atoms with Crippen LogP contribution in [-0.4, -0.2) is 25.5 Å². The fourth-order valence-electron chi connectivity index (χ4n) is 1.46. The molecule has 1 rings (SSSR count). The van der Waals surface area contributed by atoms with Crippen LogP contribution in [0.15, 0.2) is 24.3 Å². The lowest BCUT2D eigenvalue weighted by Crippen LogP contribution is -2.16. The van der Waals surface area contributed by atoms with E-state index in [1.807, 2.05) is 27.7 Å². The van der Waals surface area contributed by atoms with Gasteiger partial charge in [-0.05, 0) is 44.0 Å². The quantitative estimate of drug-likeness (QED) is 0.561. The van der Waals surface area contributed by atoms with Crippen molar-refractivity contribution >= 4 is 5.97 Å². The third kappa shape index (κ3) is 5.75. The Morgan fingerprint density at radius 2 is 1.79 bits per heavy atom. The molecule has 0 heterocycles. The molecule has 0 saturated carbocycles. The fourth-order valence-corrected chi connectivity index (χ4v) is 1.46. The maximum absolute atomic E-state index is 11.7. The smallest absolute Gasteiger partial charge is 0.338 e. The van der Waals surface area contributed by atoms with Gasteiger partial charge in [0.1, 0.15) is 5.75 Å². The summed E-state index contributed by atoms with van der Waals surface area (Å²) < 4.78 is 15.9. The van der Waals surface area contributed by atoms with Gasteiger partial charge in [0.25, 0.3) is 0 Å². The van der Waals surface area contributed by atoms with Crippen molar-refractivity contribution < 1.29 is 19.0 Å². The zero-order chi connectivity index (χ0) is 14.3. The van der Waals surface area contributed by atoms with E-state index in [1.54, 1.807) is 24.3 Å². The Morgan fingerprint density at radius 3 is 2.32 bits per heavy atom. The molecule has 1 unspecified atom stereocenters. The van der Waals surface area contributed by atoms with E-state index in [0.29, 0.717) is 30.4 Å². The molecule has 0 bridgehead atoms. The molecule has 0 saturated heterocycles. The zero-order valence-corrected chi connectivity index (χ0v) is 12.0. The number of esters is 1. The van der Waals surface area contributed by atoms with E-state index in [-0.39, 0.29) is 12.3 Å². The van der Waals surface area contributed by atoms with Crippen LogP contribution in [0, 0.1) is 5.92 Å². The van der Waals surface area contributed by atoms with Gasteiger partial charge in [-0.25, -0.2) is 4.79 Å². The Bertz CT molecular complexity index is 384. The molecule has 0 radical (unpaired) electrons. The van der Waals surface area contributed by atoms with Crippen molar-refractivity contribution in [3.8, 4) is 5.75 Å². The molecule has 0 aromatic heterocycles. The van der Waals surface area contributed by atoms with Crippen molar-refractivity contribution in [1.82, 2.24) is 0 Å². The number of carbonyl (C=O) groups is 1. The van der Waals surface area contributed by atoms with Gasteiger partial charge in [0.15, 0.2) is 6.29 Å². The van der Waals surface area contributed by atoms with Gasteiger partial charge >= 0.3 is 5.97 Å². The summed E-state index contributed by atoms with van der Waals surface area (Å²) in [6.45, 7) is 8.76. The summed E-state index contributed by atoms with van der Waals surface area (Å²) in [7, 11) is 0. The monoisotopic (exact) mass is 266 g/mol. The van der Waals surface area contributed by atoms with Crippen LogP contribution in [0.3, 0.4) is 0 Å². The van der Waals surface area contributed by atoms with Gasteiger partial charge < -0.3 is 14.2 Å². The van der Waals surface area contributed by atoms with Gasteiger partial charge in [0, 0.05) is 6.61 Å². The first-order valence-corrected chi connectivity index (χ1v) is 6.58. The van der Waals surface area contributed by atoms with Crippen molar-refractivity contribution in [2.24, 2.45) is 5.92 Å². The number of carbonyl (C=O) groups excluding carboxylic acids is 1. The SMILES string of the molecule is CCOC(C)Oc1ccc(C(=O)OCC(C)C)cc1. The van der Waals surface area contributed by atoms with E-state index in [1.165, 1.54) is 0 Å². The summed E-state index contributed by atoms with van der Waals surface area (Å²) in [4.78, 5) is 11.7. The highest BCUT2D eigenvalue weighted by atomic mass is 16.7. The van der Waals surface area contributed by atoms with E-state index in [0.717, 1.165) is 0 Å². The molecule has 0 aliphatic rings. The standard InChI is InChI=1S/C15H22O4/c1-5-17-12(4)19-14-8-6-13(7-9-14)15(16)18-10-11(2)3/h6-9,11-12H,5,10H2,1-4H3. The van der Waals surface area contributed by atoms with E-state index >= 15 is 0 Å². The van der Waals surface area contributed by atoms with Crippen LogP contribution >= 0.6 is 0 Å². The van der Waals surface area contributed by atoms with Crippen LogP contribution in [0.1, 0.15) is 38.1 Å². The minimum absolute atomic E-state index is 0.302. The minimum Gasteiger partial charge on any atom is -0.465 e. The van der Waals surface area contributed by atoms with Gasteiger partial charge in [-0.3, -0.25) is 0 Å². The third-order valence-corrected chi connectivity index (χ3v) is 2.34. The van der Waals surface area contributed by atoms with E-state index < -0.39 is 0 Å². The fraction of sp³-hybridized carbons (Fsp3) is 0.533. The average Bonchev–Trinajstić information content (AvgIpc) is 2.37. The molecular weight excluding hydrogens is 244 g/mol. The van der Waals surface area contributed by atoms with Crippen LogP contribution < -0.4 is 4.74 Å². The maximum Gasteiger partial charge on any atom is 0.338 e. The van der Waals surface area contributed by atoms with Gasteiger partial charge in [-0.15, -0.1) is 0 Å². The Morgan fingerprint density at radius 1 is 1.16 bits per heavy atom. The molecule has 4 nitrogen and oxygen atoms in total. The molecule has 1 atom stereocenters. The average molecular weight is 266 g/mol. The van der Waals surface area contributed by atoms with Gasteiger partial charge in [-0.1, -0.05) is 13.8 Å². The Kier molecular flexibility index (Phi) is 6.36. The molecule has 1 aromatic carbocycles. The molecular formula is C15H22O4. The Hall–Kier alpha value is -1.55. The summed E-state index contributed by atoms with van der Waals surface area (Å²) in [5.74, 6) is 0.693. The molecule has 19 heavy (non-hydrogen) atoms. The van der Waals surface area contributed by atoms with Crippen LogP contribution in [0.25, 0.3) is 0 Å². The molecule has 1 aromatic rings. The molecule has 0 aliphatic heterocycles. The summed E-state index contributed by atoms with van der Waals surface area (Å²) in [5.41, 5.74) is 0.525. The Labute approximate surface area is 114 Å². The summed E-state index contributed by atoms with van der Waals surface area (Å²) >= 11 is 0. The predicted molar refractivity (Wildman–Crippen MR) is 73.3 cm³/mol. The Balaban J connectivity index is 2.53. The lowest BCUT2D eigenvalue weighted by Gasteiger charge is -2.14. The van der Waals surface area contributed by atoms with Gasteiger partial charge in [-0.2, -0.15) is 0 Å². The van der Waals surface area contributed by atoms with Crippen molar-refractivity contribution in [2.45, 2.75) is 34.0 Å². The summed E-state index contributed by atoms with van der Waals surface area (Å²) in [6.07, 6.45) is -0.302. The highest BCUT2D eigenvalue weighted by Gasteiger charge is 2.09. The van der Waals surface area contributed by atoms with E-state index in [2.05, 4.69) is 0 Å². The minimum atomic E-state index is -0.307. The lowest BCUT2D eigenvalue weighted by atomic mass is 10.2. The second kappa shape index (κ2) is 7.79. The normalized spacial score (nSPS) is 12.3. The number of benzene rings is 1. The van der Waals surface area contributed by atoms with Crippen LogP contribution in [0.5, 0.6) is 5.75 Å². The molecule has 0 aliphatic carbocycles. The number of ether oxygens (including phenoxy) is 3. The van der Waals surface area contributed by atoms with Crippen LogP contribution in [0.4, 0.5) is 0 Å². The molecule has 0 amide bonds. The highest BCUT2D eigenvalue weighted by Crippen LogP contribution is 2.15. The summed E-state index contributed by atoms with van der Waals surface area (Å²) in [6, 6.07) is 6.86. The zero-order valence-electron chi connectivity index (χ0n) is 12.0. The molecule has 0 N–H and O–H groups in total. The second-order valence-corrected chi connectivity index (χ2v) is 4.66. The molecule has 4 heteroatoms. The largest absolute Gasteiger partial charge is 0.465 e. The van der Waals surface area contributed by atoms with Crippen molar-refractivity contribution in [3.63, 3.8) is 0 Å². The third-order valence-electron chi connectivity index (χ3n) is 2.34. The molecule has 0 fully saturated rings.